The SMILES string of the molecule is C[C@@H]1CN(C(=O)Cn2nnn(-c3ccccc3)c2=O)C[C@H](C)O1. The van der Waals surface area contributed by atoms with E-state index in [9.17, 15) is 9.59 Å². The third-order valence-corrected chi connectivity index (χ3v) is 3.70. The Morgan fingerprint density at radius 3 is 2.48 bits per heavy atom. The second-order valence-corrected chi connectivity index (χ2v) is 5.72. The van der Waals surface area contributed by atoms with Gasteiger partial charge in [0.25, 0.3) is 0 Å². The van der Waals surface area contributed by atoms with Gasteiger partial charge in [0.2, 0.25) is 5.91 Å². The van der Waals surface area contributed by atoms with Crippen LogP contribution in [0.25, 0.3) is 5.69 Å². The molecule has 1 aliphatic heterocycles. The van der Waals surface area contributed by atoms with Gasteiger partial charge in [-0.3, -0.25) is 4.79 Å². The first-order valence-corrected chi connectivity index (χ1v) is 7.56. The number of hydrogen-bond acceptors (Lipinski definition) is 5. The van der Waals surface area contributed by atoms with Crippen molar-refractivity contribution in [3.05, 3.63) is 40.8 Å². The minimum absolute atomic E-state index is 0.0144. The first kappa shape index (κ1) is 15.4. The summed E-state index contributed by atoms with van der Waals surface area (Å²) < 4.78 is 7.87. The van der Waals surface area contributed by atoms with E-state index in [4.69, 9.17) is 4.74 Å². The fourth-order valence-corrected chi connectivity index (χ4v) is 2.71. The van der Waals surface area contributed by atoms with Crippen LogP contribution in [-0.4, -0.2) is 55.9 Å². The summed E-state index contributed by atoms with van der Waals surface area (Å²) in [4.78, 5) is 26.4. The van der Waals surface area contributed by atoms with Gasteiger partial charge in [-0.1, -0.05) is 18.2 Å². The van der Waals surface area contributed by atoms with Gasteiger partial charge in [0, 0.05) is 13.1 Å². The Kier molecular flexibility index (Phi) is 4.24. The highest BCUT2D eigenvalue weighted by molar-refractivity contribution is 5.76. The molecule has 2 heterocycles. The lowest BCUT2D eigenvalue weighted by atomic mass is 10.2. The molecule has 122 valence electrons. The van der Waals surface area contributed by atoms with Crippen LogP contribution in [0.2, 0.25) is 0 Å². The van der Waals surface area contributed by atoms with Crippen LogP contribution >= 0.6 is 0 Å². The van der Waals surface area contributed by atoms with Crippen LogP contribution in [0.15, 0.2) is 35.1 Å². The number of aromatic nitrogens is 4. The van der Waals surface area contributed by atoms with Crippen molar-refractivity contribution in [3.8, 4) is 5.69 Å². The maximum absolute atomic E-state index is 12.4. The quantitative estimate of drug-likeness (QED) is 0.800. The van der Waals surface area contributed by atoms with Gasteiger partial charge in [-0.25, -0.2) is 4.79 Å². The number of amides is 1. The van der Waals surface area contributed by atoms with Crippen LogP contribution in [0.5, 0.6) is 0 Å². The van der Waals surface area contributed by atoms with E-state index in [1.54, 1.807) is 17.0 Å². The lowest BCUT2D eigenvalue weighted by molar-refractivity contribution is -0.144. The first-order chi connectivity index (χ1) is 11.0. The molecule has 0 spiro atoms. The average molecular weight is 317 g/mol. The molecule has 0 saturated carbocycles. The summed E-state index contributed by atoms with van der Waals surface area (Å²) in [6.45, 7) is 4.77. The second kappa shape index (κ2) is 6.33. The van der Waals surface area contributed by atoms with Crippen molar-refractivity contribution in [2.24, 2.45) is 0 Å². The fourth-order valence-electron chi connectivity index (χ4n) is 2.71. The van der Waals surface area contributed by atoms with Crippen LogP contribution in [0.3, 0.4) is 0 Å². The maximum atomic E-state index is 12.4. The van der Waals surface area contributed by atoms with E-state index in [1.807, 2.05) is 32.0 Å². The monoisotopic (exact) mass is 317 g/mol. The Balaban J connectivity index is 1.75. The zero-order chi connectivity index (χ0) is 16.4. The maximum Gasteiger partial charge on any atom is 0.368 e. The predicted octanol–water partition coefficient (Wildman–Crippen LogP) is 0.0648. The summed E-state index contributed by atoms with van der Waals surface area (Å²) >= 11 is 0. The van der Waals surface area contributed by atoms with Crippen molar-refractivity contribution >= 4 is 5.91 Å². The standard InChI is InChI=1S/C15H19N5O3/c1-11-8-18(9-12(2)23-11)14(21)10-19-15(22)20(17-16-19)13-6-4-3-5-7-13/h3-7,11-12H,8-10H2,1-2H3/t11-,12+. The molecule has 1 aromatic heterocycles. The van der Waals surface area contributed by atoms with Gasteiger partial charge in [0.1, 0.15) is 6.54 Å². The Labute approximate surface area is 133 Å². The Hall–Kier alpha value is -2.48. The average Bonchev–Trinajstić information content (AvgIpc) is 2.88. The number of morpholine rings is 1. The largest absolute Gasteiger partial charge is 0.372 e. The van der Waals surface area contributed by atoms with Gasteiger partial charge in [0.15, 0.2) is 0 Å². The number of rotatable bonds is 3. The lowest BCUT2D eigenvalue weighted by Gasteiger charge is -2.35. The van der Waals surface area contributed by atoms with Crippen LogP contribution in [-0.2, 0) is 16.1 Å². The van der Waals surface area contributed by atoms with Crippen molar-refractivity contribution in [3.63, 3.8) is 0 Å². The number of carbonyl (C=O) groups is 1. The summed E-state index contributed by atoms with van der Waals surface area (Å²) in [5, 5.41) is 7.64. The third-order valence-electron chi connectivity index (χ3n) is 3.70. The van der Waals surface area contributed by atoms with Gasteiger partial charge < -0.3 is 9.64 Å². The molecule has 8 heteroatoms. The molecule has 0 unspecified atom stereocenters. The zero-order valence-electron chi connectivity index (χ0n) is 13.1. The van der Waals surface area contributed by atoms with Crippen molar-refractivity contribution in [1.29, 1.82) is 0 Å². The normalized spacial score (nSPS) is 21.4. The van der Waals surface area contributed by atoms with Crippen LogP contribution in [0, 0.1) is 0 Å². The smallest absolute Gasteiger partial charge is 0.368 e. The molecule has 2 aromatic rings. The molecule has 1 fully saturated rings. The third kappa shape index (κ3) is 3.31. The summed E-state index contributed by atoms with van der Waals surface area (Å²) in [7, 11) is 0. The van der Waals surface area contributed by atoms with E-state index in [2.05, 4.69) is 10.4 Å². The molecular formula is C15H19N5O3. The summed E-state index contributed by atoms with van der Waals surface area (Å²) in [6, 6.07) is 8.98. The van der Waals surface area contributed by atoms with Crippen molar-refractivity contribution in [2.75, 3.05) is 13.1 Å². The molecule has 1 aromatic carbocycles. The van der Waals surface area contributed by atoms with Gasteiger partial charge in [-0.2, -0.15) is 9.36 Å². The van der Waals surface area contributed by atoms with Crippen LogP contribution in [0.4, 0.5) is 0 Å². The summed E-state index contributed by atoms with van der Waals surface area (Å²) in [6.07, 6.45) is -0.0288. The number of benzene rings is 1. The molecule has 2 atom stereocenters. The Morgan fingerprint density at radius 1 is 1.17 bits per heavy atom. The van der Waals surface area contributed by atoms with Crippen LogP contribution < -0.4 is 5.69 Å². The summed E-state index contributed by atoms with van der Waals surface area (Å²) in [5.74, 6) is -0.158. The number of tetrazole rings is 1. The molecule has 3 rings (SSSR count). The molecule has 1 aliphatic rings. The minimum Gasteiger partial charge on any atom is -0.372 e. The van der Waals surface area contributed by atoms with Crippen molar-refractivity contribution in [2.45, 2.75) is 32.6 Å². The van der Waals surface area contributed by atoms with E-state index in [1.165, 1.54) is 4.68 Å². The highest BCUT2D eigenvalue weighted by atomic mass is 16.5. The van der Waals surface area contributed by atoms with E-state index >= 15 is 0 Å². The van der Waals surface area contributed by atoms with Crippen LogP contribution in [0.1, 0.15) is 13.8 Å². The van der Waals surface area contributed by atoms with E-state index < -0.39 is 5.69 Å². The highest BCUT2D eigenvalue weighted by Crippen LogP contribution is 2.11. The zero-order valence-corrected chi connectivity index (χ0v) is 13.1. The molecule has 1 amide bonds. The van der Waals surface area contributed by atoms with Gasteiger partial charge in [-0.15, -0.1) is 0 Å². The number of carbonyl (C=O) groups excluding carboxylic acids is 1. The molecule has 8 nitrogen and oxygen atoms in total. The minimum atomic E-state index is -0.432. The topological polar surface area (TPSA) is 82.3 Å². The second-order valence-electron chi connectivity index (χ2n) is 5.72. The van der Waals surface area contributed by atoms with E-state index in [0.29, 0.717) is 18.8 Å². The molecular weight excluding hydrogens is 298 g/mol. The fraction of sp³-hybridized carbons (Fsp3) is 0.467. The van der Waals surface area contributed by atoms with Crippen molar-refractivity contribution < 1.29 is 9.53 Å². The van der Waals surface area contributed by atoms with Crippen molar-refractivity contribution in [1.82, 2.24) is 24.7 Å². The first-order valence-electron chi connectivity index (χ1n) is 7.56. The number of hydrogen-bond donors (Lipinski definition) is 0. The Morgan fingerprint density at radius 2 is 1.83 bits per heavy atom. The number of para-hydroxylation sites is 1. The Bertz CT molecular complexity index is 729. The molecule has 1 saturated heterocycles. The predicted molar refractivity (Wildman–Crippen MR) is 82.2 cm³/mol. The number of nitrogens with zero attached hydrogens (tertiary/aromatic N) is 5. The summed E-state index contributed by atoms with van der Waals surface area (Å²) in [5.41, 5.74) is 0.184. The molecule has 23 heavy (non-hydrogen) atoms. The van der Waals surface area contributed by atoms with Gasteiger partial charge in [-0.05, 0) is 36.4 Å². The lowest BCUT2D eigenvalue weighted by Crippen LogP contribution is -2.49. The van der Waals surface area contributed by atoms with Gasteiger partial charge >= 0.3 is 5.69 Å². The highest BCUT2D eigenvalue weighted by Gasteiger charge is 2.26. The molecule has 0 radical (unpaired) electrons. The number of ether oxygens (including phenoxy) is 1. The molecule has 0 bridgehead atoms. The van der Waals surface area contributed by atoms with Gasteiger partial charge in [0.05, 0.1) is 17.9 Å². The van der Waals surface area contributed by atoms with E-state index in [-0.39, 0.29) is 24.7 Å². The van der Waals surface area contributed by atoms with E-state index in [0.717, 1.165) is 4.68 Å². The molecule has 0 N–H and O–H groups in total. The molecule has 0 aliphatic carbocycles.